The molecule has 1 aliphatic rings. The number of halogens is 1. The first-order valence-electron chi connectivity index (χ1n) is 6.21. The number of benzene rings is 1. The summed E-state index contributed by atoms with van der Waals surface area (Å²) in [5, 5.41) is 3.49. The zero-order valence-corrected chi connectivity index (χ0v) is 10.0. The Bertz CT molecular complexity index is 350. The van der Waals surface area contributed by atoms with Gasteiger partial charge in [-0.05, 0) is 42.9 Å². The van der Waals surface area contributed by atoms with E-state index in [0.29, 0.717) is 17.9 Å². The van der Waals surface area contributed by atoms with Gasteiger partial charge in [0, 0.05) is 6.04 Å². The van der Waals surface area contributed by atoms with E-state index in [1.54, 1.807) is 12.1 Å². The van der Waals surface area contributed by atoms with E-state index >= 15 is 0 Å². The smallest absolute Gasteiger partial charge is 0.126 e. The van der Waals surface area contributed by atoms with Crippen LogP contribution in [0.5, 0.6) is 0 Å². The molecule has 0 amide bonds. The molecule has 16 heavy (non-hydrogen) atoms. The van der Waals surface area contributed by atoms with Gasteiger partial charge in [0.25, 0.3) is 0 Å². The predicted molar refractivity (Wildman–Crippen MR) is 65.0 cm³/mol. The van der Waals surface area contributed by atoms with E-state index in [1.165, 1.54) is 0 Å². The molecule has 0 aliphatic heterocycles. The molecule has 1 aromatic carbocycles. The molecule has 0 radical (unpaired) electrons. The molecule has 1 saturated carbocycles. The second kappa shape index (κ2) is 4.96. The molecule has 1 aliphatic carbocycles. The van der Waals surface area contributed by atoms with E-state index in [4.69, 9.17) is 0 Å². The standard InChI is InChI=1S/C14H20FN/c1-3-16-14-9-8-11(10(14)2)12-6-4-5-7-13(12)15/h4-7,10-11,14,16H,3,8-9H2,1-2H3. The van der Waals surface area contributed by atoms with Gasteiger partial charge in [0.1, 0.15) is 5.82 Å². The fourth-order valence-electron chi connectivity index (χ4n) is 2.93. The molecule has 1 nitrogen and oxygen atoms in total. The molecule has 0 aromatic heterocycles. The van der Waals surface area contributed by atoms with Gasteiger partial charge >= 0.3 is 0 Å². The predicted octanol–water partition coefficient (Wildman–Crippen LogP) is 3.32. The van der Waals surface area contributed by atoms with Crippen LogP contribution in [0.25, 0.3) is 0 Å². The van der Waals surface area contributed by atoms with Crippen molar-refractivity contribution < 1.29 is 4.39 Å². The molecule has 0 bridgehead atoms. The van der Waals surface area contributed by atoms with Crippen molar-refractivity contribution >= 4 is 0 Å². The van der Waals surface area contributed by atoms with Crippen LogP contribution >= 0.6 is 0 Å². The molecule has 1 N–H and O–H groups in total. The summed E-state index contributed by atoms with van der Waals surface area (Å²) in [6.07, 6.45) is 2.26. The van der Waals surface area contributed by atoms with Crippen molar-refractivity contribution in [1.29, 1.82) is 0 Å². The number of hydrogen-bond acceptors (Lipinski definition) is 1. The minimum Gasteiger partial charge on any atom is -0.314 e. The molecule has 2 heteroatoms. The third-order valence-electron chi connectivity index (χ3n) is 3.83. The van der Waals surface area contributed by atoms with Gasteiger partial charge in [-0.15, -0.1) is 0 Å². The summed E-state index contributed by atoms with van der Waals surface area (Å²) in [6, 6.07) is 7.76. The Morgan fingerprint density at radius 3 is 2.75 bits per heavy atom. The lowest BCUT2D eigenvalue weighted by Crippen LogP contribution is -2.32. The maximum absolute atomic E-state index is 13.7. The Morgan fingerprint density at radius 2 is 2.06 bits per heavy atom. The first kappa shape index (κ1) is 11.6. The van der Waals surface area contributed by atoms with Crippen molar-refractivity contribution in [2.75, 3.05) is 6.54 Å². The summed E-state index contributed by atoms with van der Waals surface area (Å²) in [7, 11) is 0. The molecule has 1 aromatic rings. The highest BCUT2D eigenvalue weighted by atomic mass is 19.1. The first-order chi connectivity index (χ1) is 7.74. The molecule has 1 fully saturated rings. The highest BCUT2D eigenvalue weighted by molar-refractivity contribution is 5.24. The molecule has 2 rings (SSSR count). The molecular formula is C14H20FN. The van der Waals surface area contributed by atoms with E-state index in [0.717, 1.165) is 24.9 Å². The van der Waals surface area contributed by atoms with Crippen LogP contribution in [0.4, 0.5) is 4.39 Å². The third kappa shape index (κ3) is 2.12. The van der Waals surface area contributed by atoms with Crippen molar-refractivity contribution in [1.82, 2.24) is 5.32 Å². The molecule has 0 saturated heterocycles. The maximum atomic E-state index is 13.7. The number of hydrogen-bond donors (Lipinski definition) is 1. The van der Waals surface area contributed by atoms with E-state index in [1.807, 2.05) is 12.1 Å². The molecule has 3 unspecified atom stereocenters. The lowest BCUT2D eigenvalue weighted by atomic mass is 9.88. The van der Waals surface area contributed by atoms with Crippen molar-refractivity contribution in [3.05, 3.63) is 35.6 Å². The average Bonchev–Trinajstić information content (AvgIpc) is 2.62. The Labute approximate surface area is 97.1 Å². The van der Waals surface area contributed by atoms with E-state index in [9.17, 15) is 4.39 Å². The van der Waals surface area contributed by atoms with Gasteiger partial charge in [-0.1, -0.05) is 32.0 Å². The largest absolute Gasteiger partial charge is 0.314 e. The van der Waals surface area contributed by atoms with Crippen LogP contribution in [0, 0.1) is 11.7 Å². The fraction of sp³-hybridized carbons (Fsp3) is 0.571. The summed E-state index contributed by atoms with van der Waals surface area (Å²) in [5.41, 5.74) is 0.899. The molecule has 3 atom stereocenters. The van der Waals surface area contributed by atoms with Gasteiger partial charge in [-0.25, -0.2) is 4.39 Å². The Balaban J connectivity index is 2.15. The summed E-state index contributed by atoms with van der Waals surface area (Å²) in [6.45, 7) is 5.36. The zero-order valence-electron chi connectivity index (χ0n) is 10.0. The highest BCUT2D eigenvalue weighted by Gasteiger charge is 2.34. The van der Waals surface area contributed by atoms with Crippen LogP contribution in [0.1, 0.15) is 38.2 Å². The van der Waals surface area contributed by atoms with Gasteiger partial charge in [0.05, 0.1) is 0 Å². The topological polar surface area (TPSA) is 12.0 Å². The minimum absolute atomic E-state index is 0.0449. The summed E-state index contributed by atoms with van der Waals surface area (Å²) < 4.78 is 13.7. The number of nitrogens with one attached hydrogen (secondary N) is 1. The van der Waals surface area contributed by atoms with Gasteiger partial charge in [-0.3, -0.25) is 0 Å². The lowest BCUT2D eigenvalue weighted by molar-refractivity contribution is 0.405. The van der Waals surface area contributed by atoms with E-state index < -0.39 is 0 Å². The Kier molecular flexibility index (Phi) is 3.59. The Morgan fingerprint density at radius 1 is 1.31 bits per heavy atom. The fourth-order valence-corrected chi connectivity index (χ4v) is 2.93. The quantitative estimate of drug-likeness (QED) is 0.825. The Hall–Kier alpha value is -0.890. The van der Waals surface area contributed by atoms with Crippen LogP contribution < -0.4 is 5.32 Å². The summed E-state index contributed by atoms with van der Waals surface area (Å²) in [4.78, 5) is 0. The normalized spacial score (nSPS) is 29.6. The first-order valence-corrected chi connectivity index (χ1v) is 6.21. The van der Waals surface area contributed by atoms with Crippen LogP contribution in [0.3, 0.4) is 0 Å². The summed E-state index contributed by atoms with van der Waals surface area (Å²) >= 11 is 0. The highest BCUT2D eigenvalue weighted by Crippen LogP contribution is 2.40. The monoisotopic (exact) mass is 221 g/mol. The summed E-state index contributed by atoms with van der Waals surface area (Å²) in [5.74, 6) is 0.860. The lowest BCUT2D eigenvalue weighted by Gasteiger charge is -2.21. The SMILES string of the molecule is CCNC1CCC(c2ccccc2F)C1C. The van der Waals surface area contributed by atoms with Gasteiger partial charge < -0.3 is 5.32 Å². The van der Waals surface area contributed by atoms with E-state index in [-0.39, 0.29) is 5.82 Å². The van der Waals surface area contributed by atoms with Crippen molar-refractivity contribution in [3.8, 4) is 0 Å². The van der Waals surface area contributed by atoms with Crippen molar-refractivity contribution in [2.24, 2.45) is 5.92 Å². The van der Waals surface area contributed by atoms with Gasteiger partial charge in [0.15, 0.2) is 0 Å². The average molecular weight is 221 g/mol. The van der Waals surface area contributed by atoms with Crippen LogP contribution in [-0.4, -0.2) is 12.6 Å². The number of rotatable bonds is 3. The van der Waals surface area contributed by atoms with Crippen LogP contribution in [0.15, 0.2) is 24.3 Å². The molecular weight excluding hydrogens is 201 g/mol. The zero-order chi connectivity index (χ0) is 11.5. The van der Waals surface area contributed by atoms with Crippen molar-refractivity contribution in [3.63, 3.8) is 0 Å². The minimum atomic E-state index is -0.0449. The second-order valence-electron chi connectivity index (χ2n) is 4.73. The van der Waals surface area contributed by atoms with Crippen molar-refractivity contribution in [2.45, 2.75) is 38.6 Å². The third-order valence-corrected chi connectivity index (χ3v) is 3.83. The molecule has 88 valence electrons. The van der Waals surface area contributed by atoms with Gasteiger partial charge in [0.2, 0.25) is 0 Å². The van der Waals surface area contributed by atoms with Gasteiger partial charge in [-0.2, -0.15) is 0 Å². The van der Waals surface area contributed by atoms with Crippen LogP contribution in [0.2, 0.25) is 0 Å². The molecule has 0 heterocycles. The second-order valence-corrected chi connectivity index (χ2v) is 4.73. The van der Waals surface area contributed by atoms with Crippen LogP contribution in [-0.2, 0) is 0 Å². The maximum Gasteiger partial charge on any atom is 0.126 e. The van der Waals surface area contributed by atoms with E-state index in [2.05, 4.69) is 19.2 Å². The molecule has 0 spiro atoms.